The van der Waals surface area contributed by atoms with Crippen molar-refractivity contribution in [1.82, 2.24) is 0 Å². The fourth-order valence-electron chi connectivity index (χ4n) is 8.80. The first-order valence-corrected chi connectivity index (χ1v) is 27.7. The summed E-state index contributed by atoms with van der Waals surface area (Å²) in [5.74, 6) is 0. The molecular formula is C54H48N2OSi2. The SMILES string of the molecule is C[Si](C)(C)c1ccc(N(c2ccc3c(c2)oc2cc(N(c4ccc([Si](C)(C)C)cc4)c4cccc5ccccc45)c4ccccc4c23)c2cccc3ccccc23)cc1. The van der Waals surface area contributed by atoms with Gasteiger partial charge in [-0.05, 0) is 64.7 Å². The number of hydrogen-bond donors (Lipinski definition) is 0. The molecule has 0 saturated carbocycles. The normalized spacial score (nSPS) is 12.2. The molecule has 288 valence electrons. The van der Waals surface area contributed by atoms with E-state index >= 15 is 0 Å². The molecule has 0 saturated heterocycles. The maximum absolute atomic E-state index is 7.05. The second kappa shape index (κ2) is 14.2. The van der Waals surface area contributed by atoms with E-state index in [0.717, 1.165) is 56.1 Å². The topological polar surface area (TPSA) is 19.6 Å². The Balaban J connectivity index is 1.20. The summed E-state index contributed by atoms with van der Waals surface area (Å²) in [7, 11) is -3.00. The predicted molar refractivity (Wildman–Crippen MR) is 262 cm³/mol. The molecular weight excluding hydrogens is 749 g/mol. The van der Waals surface area contributed by atoms with Crippen LogP contribution in [0.15, 0.2) is 186 Å². The van der Waals surface area contributed by atoms with Crippen LogP contribution in [0, 0.1) is 0 Å². The summed E-state index contributed by atoms with van der Waals surface area (Å²) in [5.41, 5.74) is 8.39. The van der Waals surface area contributed by atoms with Gasteiger partial charge >= 0.3 is 0 Å². The fraction of sp³-hybridized carbons (Fsp3) is 0.111. The summed E-state index contributed by atoms with van der Waals surface area (Å²) in [6.07, 6.45) is 0. The molecule has 1 aromatic heterocycles. The first-order valence-electron chi connectivity index (χ1n) is 20.7. The lowest BCUT2D eigenvalue weighted by Gasteiger charge is -2.29. The van der Waals surface area contributed by atoms with Gasteiger partial charge < -0.3 is 14.2 Å². The molecule has 9 aromatic carbocycles. The molecule has 1 heterocycles. The highest BCUT2D eigenvalue weighted by molar-refractivity contribution is 6.89. The predicted octanol–water partition coefficient (Wildman–Crippen LogP) is 15.1. The van der Waals surface area contributed by atoms with E-state index in [1.165, 1.54) is 42.7 Å². The summed E-state index contributed by atoms with van der Waals surface area (Å²) in [5, 5.41) is 12.3. The minimum atomic E-state index is -1.51. The van der Waals surface area contributed by atoms with Gasteiger partial charge in [-0.15, -0.1) is 0 Å². The summed E-state index contributed by atoms with van der Waals surface area (Å²) in [6.45, 7) is 14.4. The summed E-state index contributed by atoms with van der Waals surface area (Å²) >= 11 is 0. The maximum Gasteiger partial charge on any atom is 0.138 e. The van der Waals surface area contributed by atoms with Gasteiger partial charge in [0.15, 0.2) is 0 Å². The van der Waals surface area contributed by atoms with E-state index in [9.17, 15) is 0 Å². The number of fused-ring (bicyclic) bond motifs is 7. The molecule has 0 atom stereocenters. The minimum Gasteiger partial charge on any atom is -0.456 e. The van der Waals surface area contributed by atoms with Gasteiger partial charge in [0.05, 0.1) is 33.2 Å². The van der Waals surface area contributed by atoms with Crippen molar-refractivity contribution in [2.24, 2.45) is 0 Å². The Bertz CT molecular complexity index is 3180. The van der Waals surface area contributed by atoms with E-state index < -0.39 is 16.1 Å². The number of nitrogens with zero attached hydrogens (tertiary/aromatic N) is 2. The molecule has 10 aromatic rings. The molecule has 0 N–H and O–H groups in total. The molecule has 0 amide bonds. The molecule has 0 bridgehead atoms. The van der Waals surface area contributed by atoms with Crippen LogP contribution < -0.4 is 20.2 Å². The first-order chi connectivity index (χ1) is 28.5. The third-order valence-electron chi connectivity index (χ3n) is 11.9. The van der Waals surface area contributed by atoms with Gasteiger partial charge in [-0.2, -0.15) is 0 Å². The average molecular weight is 797 g/mol. The van der Waals surface area contributed by atoms with Gasteiger partial charge in [0.25, 0.3) is 0 Å². The lowest BCUT2D eigenvalue weighted by molar-refractivity contribution is 0.669. The quantitative estimate of drug-likeness (QED) is 0.143. The van der Waals surface area contributed by atoms with Crippen molar-refractivity contribution in [3.05, 3.63) is 182 Å². The number of anilines is 6. The third-order valence-corrected chi connectivity index (χ3v) is 16.1. The van der Waals surface area contributed by atoms with E-state index in [-0.39, 0.29) is 0 Å². The van der Waals surface area contributed by atoms with Gasteiger partial charge in [0.1, 0.15) is 11.2 Å². The highest BCUT2D eigenvalue weighted by Crippen LogP contribution is 2.47. The molecule has 5 heteroatoms. The molecule has 3 nitrogen and oxygen atoms in total. The smallest absolute Gasteiger partial charge is 0.138 e. The lowest BCUT2D eigenvalue weighted by atomic mass is 9.99. The second-order valence-electron chi connectivity index (χ2n) is 17.9. The Morgan fingerprint density at radius 1 is 0.339 bits per heavy atom. The van der Waals surface area contributed by atoms with Crippen LogP contribution in [0.3, 0.4) is 0 Å². The second-order valence-corrected chi connectivity index (χ2v) is 28.0. The van der Waals surface area contributed by atoms with Crippen LogP contribution >= 0.6 is 0 Å². The fourth-order valence-corrected chi connectivity index (χ4v) is 11.1. The number of furan rings is 1. The maximum atomic E-state index is 7.05. The average Bonchev–Trinajstić information content (AvgIpc) is 3.62. The standard InChI is InChI=1S/C54H48N2OSi2/c1-58(2,3)42-30-25-39(26-31-42)55(49-23-13-17-37-15-7-9-19-44(37)49)41-29-34-48-52(35-41)57-53-36-51(46-21-11-12-22-47(46)54(48)53)56(40-27-32-43(33-28-40)59(4,5)6)50-24-14-18-38-16-8-10-20-45(38)50/h7-36H,1-6H3. The first kappa shape index (κ1) is 36.9. The van der Waals surface area contributed by atoms with Crippen molar-refractivity contribution < 1.29 is 4.42 Å². The Hall–Kier alpha value is -6.41. The molecule has 0 fully saturated rings. The molecule has 0 unspecified atom stereocenters. The Kier molecular flexibility index (Phi) is 8.85. The van der Waals surface area contributed by atoms with Crippen LogP contribution in [-0.2, 0) is 0 Å². The van der Waals surface area contributed by atoms with E-state index in [1.54, 1.807) is 0 Å². The zero-order valence-electron chi connectivity index (χ0n) is 34.6. The molecule has 0 spiro atoms. The van der Waals surface area contributed by atoms with Crippen molar-refractivity contribution in [1.29, 1.82) is 0 Å². The zero-order chi connectivity index (χ0) is 40.5. The van der Waals surface area contributed by atoms with Crippen LogP contribution in [0.2, 0.25) is 39.3 Å². The highest BCUT2D eigenvalue weighted by Gasteiger charge is 2.25. The summed E-state index contributed by atoms with van der Waals surface area (Å²) < 4.78 is 7.05. The highest BCUT2D eigenvalue weighted by atomic mass is 28.3. The van der Waals surface area contributed by atoms with Crippen LogP contribution in [0.5, 0.6) is 0 Å². The number of rotatable bonds is 8. The van der Waals surface area contributed by atoms with Crippen molar-refractivity contribution >= 4 is 115 Å². The molecule has 0 aliphatic heterocycles. The number of benzene rings is 9. The Morgan fingerprint density at radius 3 is 1.36 bits per heavy atom. The third kappa shape index (κ3) is 6.51. The van der Waals surface area contributed by atoms with Crippen LogP contribution in [0.1, 0.15) is 0 Å². The van der Waals surface area contributed by atoms with Crippen molar-refractivity contribution in [3.63, 3.8) is 0 Å². The summed E-state index contributed by atoms with van der Waals surface area (Å²) in [4.78, 5) is 4.82. The Morgan fingerprint density at radius 2 is 0.797 bits per heavy atom. The molecule has 0 aliphatic rings. The zero-order valence-corrected chi connectivity index (χ0v) is 36.6. The lowest BCUT2D eigenvalue weighted by Crippen LogP contribution is -2.37. The molecule has 0 radical (unpaired) electrons. The summed E-state index contributed by atoms with van der Waals surface area (Å²) in [6, 6.07) is 66.9. The van der Waals surface area contributed by atoms with Gasteiger partial charge in [-0.25, -0.2) is 0 Å². The van der Waals surface area contributed by atoms with Crippen LogP contribution in [-0.4, -0.2) is 16.1 Å². The van der Waals surface area contributed by atoms with Crippen LogP contribution in [0.4, 0.5) is 34.1 Å². The molecule has 59 heavy (non-hydrogen) atoms. The van der Waals surface area contributed by atoms with E-state index in [4.69, 9.17) is 4.42 Å². The van der Waals surface area contributed by atoms with Gasteiger partial charge in [-0.1, -0.05) is 171 Å². The largest absolute Gasteiger partial charge is 0.456 e. The molecule has 10 rings (SSSR count). The minimum absolute atomic E-state index is 0.861. The van der Waals surface area contributed by atoms with Gasteiger partial charge in [0, 0.05) is 56.1 Å². The number of hydrogen-bond acceptors (Lipinski definition) is 3. The van der Waals surface area contributed by atoms with Crippen molar-refractivity contribution in [2.45, 2.75) is 39.3 Å². The van der Waals surface area contributed by atoms with Crippen LogP contribution in [0.25, 0.3) is 54.3 Å². The van der Waals surface area contributed by atoms with Gasteiger partial charge in [0.2, 0.25) is 0 Å². The van der Waals surface area contributed by atoms with E-state index in [2.05, 4.69) is 231 Å². The van der Waals surface area contributed by atoms with E-state index in [0.29, 0.717) is 0 Å². The Labute approximate surface area is 348 Å². The van der Waals surface area contributed by atoms with Crippen molar-refractivity contribution in [3.8, 4) is 0 Å². The molecule has 0 aliphatic carbocycles. The van der Waals surface area contributed by atoms with Crippen molar-refractivity contribution in [2.75, 3.05) is 9.80 Å². The van der Waals surface area contributed by atoms with E-state index in [1.807, 2.05) is 0 Å². The monoisotopic (exact) mass is 796 g/mol. The van der Waals surface area contributed by atoms with Gasteiger partial charge in [-0.3, -0.25) is 0 Å².